The molecule has 3 fully saturated rings. The number of fused-ring (bicyclic) bond motifs is 14. The van der Waals surface area contributed by atoms with Crippen LogP contribution < -0.4 is 5.32 Å². The minimum atomic E-state index is -0.0481. The molecule has 6 rings (SSSR count). The summed E-state index contributed by atoms with van der Waals surface area (Å²) in [6, 6.07) is 8.52. The van der Waals surface area contributed by atoms with Crippen LogP contribution in [0.15, 0.2) is 35.0 Å². The first kappa shape index (κ1) is 24.5. The van der Waals surface area contributed by atoms with E-state index in [1.54, 1.807) is 11.3 Å². The van der Waals surface area contributed by atoms with Gasteiger partial charge in [-0.1, -0.05) is 63.9 Å². The van der Waals surface area contributed by atoms with Gasteiger partial charge in [-0.2, -0.15) is 16.4 Å². The number of H-pyrrole nitrogens is 1. The fourth-order valence-corrected chi connectivity index (χ4v) is 6.58. The molecule has 0 unspecified atom stereocenters. The molecule has 5 nitrogen and oxygen atoms in total. The number of hydrogen-bond donors (Lipinski definition) is 2. The Hall–Kier alpha value is -2.18. The van der Waals surface area contributed by atoms with E-state index in [0.29, 0.717) is 5.69 Å². The third kappa shape index (κ3) is 6.53. The van der Waals surface area contributed by atoms with E-state index in [1.807, 2.05) is 6.07 Å². The molecule has 2 N–H and O–H groups in total. The molecule has 35 heavy (non-hydrogen) atoms. The van der Waals surface area contributed by atoms with Crippen LogP contribution in [0.25, 0.3) is 22.0 Å². The van der Waals surface area contributed by atoms with E-state index in [1.165, 1.54) is 89.3 Å². The monoisotopic (exact) mass is 492 g/mol. The van der Waals surface area contributed by atoms with E-state index in [0.717, 1.165) is 35.3 Å². The van der Waals surface area contributed by atoms with Crippen molar-refractivity contribution in [3.8, 4) is 11.1 Å². The average Bonchev–Trinajstić information content (AvgIpc) is 3.55. The number of aromatic nitrogens is 2. The lowest BCUT2D eigenvalue weighted by atomic mass is 9.90. The molecule has 0 spiro atoms. The van der Waals surface area contributed by atoms with Gasteiger partial charge in [0.2, 0.25) is 0 Å². The zero-order valence-electron chi connectivity index (χ0n) is 20.9. The summed E-state index contributed by atoms with van der Waals surface area (Å²) in [5.74, 6) is 0.855. The SMILES string of the molecule is O=C(N[C@H]1CCCCCCCCCCC2CCN(CC2)C1)c1n[nH]c2ccc(-c3ccsc3)cc12. The number of nitrogens with zero attached hydrogens (tertiary/aromatic N) is 2. The molecule has 2 aromatic heterocycles. The van der Waals surface area contributed by atoms with Crippen molar-refractivity contribution >= 4 is 28.1 Å². The summed E-state index contributed by atoms with van der Waals surface area (Å²) in [5, 5.41) is 16.0. The van der Waals surface area contributed by atoms with Crippen molar-refractivity contribution in [2.24, 2.45) is 5.92 Å². The first-order valence-corrected chi connectivity index (χ1v) is 14.7. The molecule has 3 aromatic rings. The van der Waals surface area contributed by atoms with E-state index >= 15 is 0 Å². The van der Waals surface area contributed by atoms with Crippen LogP contribution in [0.4, 0.5) is 0 Å². The van der Waals surface area contributed by atoms with Crippen LogP contribution in [0, 0.1) is 5.92 Å². The average molecular weight is 493 g/mol. The van der Waals surface area contributed by atoms with Crippen LogP contribution in [0.3, 0.4) is 0 Å². The minimum Gasteiger partial charge on any atom is -0.347 e. The standard InChI is InChI=1S/C29H40N4OS/c34-29(28-26-19-23(24-15-18-35-21-24)11-12-27(26)31-32-28)30-25-10-8-6-4-2-1-3-5-7-9-22-13-16-33(20-25)17-14-22/h11-12,15,18-19,21-22,25H,1-10,13-14,16-17,20H2,(H,30,34)(H,31,32)/t25-/m0/s1. The van der Waals surface area contributed by atoms with Crippen LogP contribution >= 0.6 is 11.3 Å². The Morgan fingerprint density at radius 1 is 0.914 bits per heavy atom. The van der Waals surface area contributed by atoms with Crippen molar-refractivity contribution in [1.82, 2.24) is 20.4 Å². The molecule has 6 heteroatoms. The molecule has 188 valence electrons. The van der Waals surface area contributed by atoms with Gasteiger partial charge in [-0.05, 0) is 78.4 Å². The highest BCUT2D eigenvalue weighted by Crippen LogP contribution is 2.28. The highest BCUT2D eigenvalue weighted by molar-refractivity contribution is 7.08. The second-order valence-corrected chi connectivity index (χ2v) is 11.4. The molecule has 1 atom stereocenters. The van der Waals surface area contributed by atoms with Gasteiger partial charge in [0.1, 0.15) is 0 Å². The maximum absolute atomic E-state index is 13.4. The molecule has 2 bridgehead atoms. The van der Waals surface area contributed by atoms with Crippen molar-refractivity contribution < 1.29 is 4.79 Å². The second-order valence-electron chi connectivity index (χ2n) is 10.7. The third-order valence-electron chi connectivity index (χ3n) is 8.07. The lowest BCUT2D eigenvalue weighted by Gasteiger charge is -2.34. The Labute approximate surface area is 213 Å². The van der Waals surface area contributed by atoms with Gasteiger partial charge in [-0.3, -0.25) is 9.89 Å². The number of rotatable bonds is 3. The Morgan fingerprint density at radius 2 is 1.66 bits per heavy atom. The summed E-state index contributed by atoms with van der Waals surface area (Å²) in [6.45, 7) is 3.31. The number of amides is 1. The van der Waals surface area contributed by atoms with Gasteiger partial charge in [0.15, 0.2) is 5.69 Å². The summed E-state index contributed by atoms with van der Waals surface area (Å²) in [4.78, 5) is 16.0. The van der Waals surface area contributed by atoms with Gasteiger partial charge < -0.3 is 10.2 Å². The molecule has 3 saturated heterocycles. The highest BCUT2D eigenvalue weighted by Gasteiger charge is 2.24. The van der Waals surface area contributed by atoms with Crippen LogP contribution in [-0.2, 0) is 0 Å². The van der Waals surface area contributed by atoms with Gasteiger partial charge in [0, 0.05) is 18.0 Å². The van der Waals surface area contributed by atoms with Crippen LogP contribution in [0.2, 0.25) is 0 Å². The fourth-order valence-electron chi connectivity index (χ4n) is 5.91. The number of carbonyl (C=O) groups excluding carboxylic acids is 1. The maximum atomic E-state index is 13.4. The molecule has 1 amide bonds. The van der Waals surface area contributed by atoms with E-state index in [9.17, 15) is 4.79 Å². The second kappa shape index (κ2) is 12.2. The Balaban J connectivity index is 1.27. The number of piperidine rings is 1. The number of benzene rings is 1. The summed E-state index contributed by atoms with van der Waals surface area (Å²) in [6.07, 6.45) is 15.9. The van der Waals surface area contributed by atoms with E-state index in [2.05, 4.69) is 49.4 Å². The molecular formula is C29H40N4OS. The van der Waals surface area contributed by atoms with Crippen molar-refractivity contribution in [2.75, 3.05) is 19.6 Å². The largest absolute Gasteiger partial charge is 0.347 e. The normalized spacial score (nSPS) is 25.0. The molecule has 0 radical (unpaired) electrons. The number of nitrogens with one attached hydrogen (secondary N) is 2. The Bertz CT molecular complexity index is 1070. The minimum absolute atomic E-state index is 0.0481. The van der Waals surface area contributed by atoms with Gasteiger partial charge in [0.05, 0.1) is 5.52 Å². The number of thiophene rings is 1. The number of carbonyl (C=O) groups is 1. The van der Waals surface area contributed by atoms with E-state index in [4.69, 9.17) is 0 Å². The van der Waals surface area contributed by atoms with Crippen LogP contribution in [-0.4, -0.2) is 46.7 Å². The van der Waals surface area contributed by atoms with Gasteiger partial charge in [-0.25, -0.2) is 0 Å². The summed E-state index contributed by atoms with van der Waals surface area (Å²) >= 11 is 1.69. The first-order valence-electron chi connectivity index (χ1n) is 13.8. The third-order valence-corrected chi connectivity index (χ3v) is 8.75. The molecule has 5 heterocycles. The summed E-state index contributed by atoms with van der Waals surface area (Å²) in [5.41, 5.74) is 3.74. The van der Waals surface area contributed by atoms with Crippen LogP contribution in [0.5, 0.6) is 0 Å². The number of hydrogen-bond acceptors (Lipinski definition) is 4. The van der Waals surface area contributed by atoms with E-state index in [-0.39, 0.29) is 11.9 Å². The molecule has 3 aliphatic heterocycles. The lowest BCUT2D eigenvalue weighted by molar-refractivity contribution is 0.0905. The van der Waals surface area contributed by atoms with Crippen molar-refractivity contribution in [1.29, 1.82) is 0 Å². The Morgan fingerprint density at radius 3 is 2.40 bits per heavy atom. The smallest absolute Gasteiger partial charge is 0.272 e. The first-order chi connectivity index (χ1) is 17.3. The zero-order chi connectivity index (χ0) is 23.9. The maximum Gasteiger partial charge on any atom is 0.272 e. The lowest BCUT2D eigenvalue weighted by Crippen LogP contribution is -2.46. The fraction of sp³-hybridized carbons (Fsp3) is 0.586. The molecular weight excluding hydrogens is 452 g/mol. The molecule has 1 aromatic carbocycles. The quantitative estimate of drug-likeness (QED) is 0.413. The van der Waals surface area contributed by atoms with Crippen molar-refractivity contribution in [2.45, 2.75) is 83.1 Å². The van der Waals surface area contributed by atoms with Gasteiger partial charge >= 0.3 is 0 Å². The topological polar surface area (TPSA) is 61.0 Å². The summed E-state index contributed by atoms with van der Waals surface area (Å²) in [7, 11) is 0. The molecule has 3 aliphatic rings. The van der Waals surface area contributed by atoms with Crippen molar-refractivity contribution in [3.05, 3.63) is 40.7 Å². The zero-order valence-corrected chi connectivity index (χ0v) is 21.8. The predicted octanol–water partition coefficient (Wildman–Crippen LogP) is 7.02. The summed E-state index contributed by atoms with van der Waals surface area (Å²) < 4.78 is 0. The predicted molar refractivity (Wildman–Crippen MR) is 146 cm³/mol. The van der Waals surface area contributed by atoms with Gasteiger partial charge in [0.25, 0.3) is 5.91 Å². The van der Waals surface area contributed by atoms with Crippen molar-refractivity contribution in [3.63, 3.8) is 0 Å². The van der Waals surface area contributed by atoms with Crippen LogP contribution in [0.1, 0.15) is 87.5 Å². The molecule has 0 saturated carbocycles. The Kier molecular flexibility index (Phi) is 8.53. The van der Waals surface area contributed by atoms with Gasteiger partial charge in [-0.15, -0.1) is 0 Å². The molecule has 0 aliphatic carbocycles. The highest BCUT2D eigenvalue weighted by atomic mass is 32.1. The van der Waals surface area contributed by atoms with E-state index < -0.39 is 0 Å². The number of aromatic amines is 1.